The molecule has 1 aliphatic rings. The zero-order valence-corrected chi connectivity index (χ0v) is 18.1. The van der Waals surface area contributed by atoms with Gasteiger partial charge in [-0.25, -0.2) is 19.0 Å². The molecule has 2 aromatic carbocycles. The molecule has 0 aliphatic carbocycles. The maximum Gasteiger partial charge on any atom is 0.407 e. The zero-order chi connectivity index (χ0) is 23.4. The third-order valence-electron chi connectivity index (χ3n) is 5.77. The number of para-hydroxylation sites is 2. The molecule has 9 nitrogen and oxygen atoms in total. The van der Waals surface area contributed by atoms with Crippen molar-refractivity contribution in [2.24, 2.45) is 0 Å². The number of likely N-dealkylation sites (tertiary alicyclic amines) is 1. The number of carbonyl (C=O) groups is 2. The summed E-state index contributed by atoms with van der Waals surface area (Å²) in [6.07, 6.45) is -1.99. The number of nitrogens with one attached hydrogen (secondary N) is 3. The molecule has 0 saturated carbocycles. The fourth-order valence-electron chi connectivity index (χ4n) is 3.96. The number of halogens is 1. The molecular formula is C23H26FN5O4. The summed E-state index contributed by atoms with van der Waals surface area (Å²) in [5.41, 5.74) is 2.58. The van der Waals surface area contributed by atoms with Crippen molar-refractivity contribution in [2.75, 3.05) is 20.2 Å². The number of carboxylic acid groups (broad SMARTS) is 1. The third kappa shape index (κ3) is 5.33. The van der Waals surface area contributed by atoms with Crippen LogP contribution in [0.4, 0.5) is 14.0 Å². The molecule has 0 radical (unpaired) electrons. The summed E-state index contributed by atoms with van der Waals surface area (Å²) >= 11 is 0. The van der Waals surface area contributed by atoms with Crippen molar-refractivity contribution < 1.29 is 23.8 Å². The van der Waals surface area contributed by atoms with E-state index in [-0.39, 0.29) is 19.5 Å². The monoisotopic (exact) mass is 455 g/mol. The highest BCUT2D eigenvalue weighted by Crippen LogP contribution is 2.22. The van der Waals surface area contributed by atoms with Crippen LogP contribution in [-0.2, 0) is 6.42 Å². The van der Waals surface area contributed by atoms with E-state index in [1.165, 1.54) is 0 Å². The van der Waals surface area contributed by atoms with Crippen LogP contribution in [0.3, 0.4) is 0 Å². The molecule has 1 aromatic heterocycles. The number of rotatable bonds is 6. The van der Waals surface area contributed by atoms with Crippen molar-refractivity contribution in [1.29, 1.82) is 0 Å². The molecule has 2 unspecified atom stereocenters. The molecule has 10 heteroatoms. The van der Waals surface area contributed by atoms with E-state index < -0.39 is 30.4 Å². The van der Waals surface area contributed by atoms with Crippen molar-refractivity contribution in [3.8, 4) is 5.75 Å². The van der Waals surface area contributed by atoms with Gasteiger partial charge in [0.05, 0.1) is 36.8 Å². The SMILES string of the molecule is COc1ccc(C[C@@H](NC(=O)NC2CCN(C(=O)O)CC2F)c2nc3ccccc3[nH]2)cc1. The Bertz CT molecular complexity index is 1090. The van der Waals surface area contributed by atoms with E-state index in [0.29, 0.717) is 12.2 Å². The van der Waals surface area contributed by atoms with Gasteiger partial charge in [0, 0.05) is 6.54 Å². The molecule has 1 fully saturated rings. The lowest BCUT2D eigenvalue weighted by Crippen LogP contribution is -2.55. The molecule has 3 atom stereocenters. The Hall–Kier alpha value is -3.82. The van der Waals surface area contributed by atoms with Gasteiger partial charge in [-0.3, -0.25) is 0 Å². The predicted octanol–water partition coefficient (Wildman–Crippen LogP) is 3.24. The number of hydrogen-bond acceptors (Lipinski definition) is 4. The van der Waals surface area contributed by atoms with Gasteiger partial charge in [0.1, 0.15) is 17.7 Å². The van der Waals surface area contributed by atoms with E-state index >= 15 is 0 Å². The van der Waals surface area contributed by atoms with Crippen LogP contribution in [0.15, 0.2) is 48.5 Å². The summed E-state index contributed by atoms with van der Waals surface area (Å²) in [6, 6.07) is 13.3. The van der Waals surface area contributed by atoms with Crippen molar-refractivity contribution in [2.45, 2.75) is 31.1 Å². The molecule has 33 heavy (non-hydrogen) atoms. The Labute approximate surface area is 189 Å². The maximum atomic E-state index is 14.5. The van der Waals surface area contributed by atoms with E-state index in [1.807, 2.05) is 48.5 Å². The first kappa shape index (κ1) is 22.4. The number of aromatic nitrogens is 2. The lowest BCUT2D eigenvalue weighted by Gasteiger charge is -2.33. The fraction of sp³-hybridized carbons (Fsp3) is 0.348. The molecule has 2 heterocycles. The van der Waals surface area contributed by atoms with E-state index in [1.54, 1.807) is 7.11 Å². The minimum atomic E-state index is -1.48. The number of nitrogens with zero attached hydrogens (tertiary/aromatic N) is 2. The highest BCUT2D eigenvalue weighted by Gasteiger charge is 2.33. The number of carbonyl (C=O) groups excluding carboxylic acids is 1. The van der Waals surface area contributed by atoms with Crippen LogP contribution >= 0.6 is 0 Å². The van der Waals surface area contributed by atoms with Gasteiger partial charge in [-0.2, -0.15) is 0 Å². The minimum Gasteiger partial charge on any atom is -0.497 e. The number of imidazole rings is 1. The molecule has 0 bridgehead atoms. The molecular weight excluding hydrogens is 429 g/mol. The number of alkyl halides is 1. The molecule has 0 spiro atoms. The number of ether oxygens (including phenoxy) is 1. The lowest BCUT2D eigenvalue weighted by molar-refractivity contribution is 0.0905. The number of fused-ring (bicyclic) bond motifs is 1. The van der Waals surface area contributed by atoms with Gasteiger partial charge in [-0.1, -0.05) is 24.3 Å². The second-order valence-electron chi connectivity index (χ2n) is 8.00. The standard InChI is InChI=1S/C23H26FN5O4/c1-33-15-8-6-14(7-9-15)12-20(21-25-18-4-2-3-5-19(18)26-21)28-22(30)27-17-10-11-29(23(31)32)13-16(17)24/h2-9,16-17,20H,10-13H2,1H3,(H,25,26)(H,31,32)(H2,27,28,30)/t16?,17?,20-/m1/s1. The Balaban J connectivity index is 1.49. The Morgan fingerprint density at radius 3 is 2.70 bits per heavy atom. The van der Waals surface area contributed by atoms with Gasteiger partial charge in [0.2, 0.25) is 0 Å². The van der Waals surface area contributed by atoms with Crippen molar-refractivity contribution in [1.82, 2.24) is 25.5 Å². The Kier molecular flexibility index (Phi) is 6.62. The van der Waals surface area contributed by atoms with Gasteiger partial charge in [-0.05, 0) is 42.7 Å². The van der Waals surface area contributed by atoms with Gasteiger partial charge in [0.25, 0.3) is 0 Å². The number of H-pyrrole nitrogens is 1. The van der Waals surface area contributed by atoms with Crippen molar-refractivity contribution in [3.63, 3.8) is 0 Å². The highest BCUT2D eigenvalue weighted by atomic mass is 19.1. The number of aromatic amines is 1. The van der Waals surface area contributed by atoms with Gasteiger partial charge in [-0.15, -0.1) is 0 Å². The van der Waals surface area contributed by atoms with Crippen LogP contribution in [0.2, 0.25) is 0 Å². The number of urea groups is 1. The fourth-order valence-corrected chi connectivity index (χ4v) is 3.96. The quantitative estimate of drug-likeness (QED) is 0.455. The number of piperidine rings is 1. The summed E-state index contributed by atoms with van der Waals surface area (Å²) in [7, 11) is 1.59. The number of hydrogen-bond donors (Lipinski definition) is 4. The topological polar surface area (TPSA) is 120 Å². The van der Waals surface area contributed by atoms with Crippen LogP contribution in [-0.4, -0.2) is 64.5 Å². The zero-order valence-electron chi connectivity index (χ0n) is 18.1. The Morgan fingerprint density at radius 2 is 2.03 bits per heavy atom. The van der Waals surface area contributed by atoms with Crippen molar-refractivity contribution in [3.05, 3.63) is 59.9 Å². The third-order valence-corrected chi connectivity index (χ3v) is 5.77. The average molecular weight is 455 g/mol. The number of methoxy groups -OCH3 is 1. The molecule has 174 valence electrons. The smallest absolute Gasteiger partial charge is 0.407 e. The van der Waals surface area contributed by atoms with E-state index in [9.17, 15) is 14.0 Å². The molecule has 4 rings (SSSR count). The van der Waals surface area contributed by atoms with Crippen LogP contribution < -0.4 is 15.4 Å². The number of amides is 3. The second kappa shape index (κ2) is 9.76. The lowest BCUT2D eigenvalue weighted by atomic mass is 10.0. The predicted molar refractivity (Wildman–Crippen MR) is 120 cm³/mol. The van der Waals surface area contributed by atoms with Crippen LogP contribution in [0.1, 0.15) is 23.9 Å². The van der Waals surface area contributed by atoms with Crippen molar-refractivity contribution >= 4 is 23.2 Å². The first-order chi connectivity index (χ1) is 15.9. The normalized spacial score (nSPS) is 19.2. The average Bonchev–Trinajstić information content (AvgIpc) is 3.24. The number of benzene rings is 2. The summed E-state index contributed by atoms with van der Waals surface area (Å²) in [5, 5.41) is 14.6. The minimum absolute atomic E-state index is 0.166. The van der Waals surface area contributed by atoms with E-state index in [0.717, 1.165) is 27.2 Å². The van der Waals surface area contributed by atoms with Gasteiger partial charge >= 0.3 is 12.1 Å². The van der Waals surface area contributed by atoms with Gasteiger partial charge in [0.15, 0.2) is 0 Å². The summed E-state index contributed by atoms with van der Waals surface area (Å²) in [4.78, 5) is 32.7. The largest absolute Gasteiger partial charge is 0.497 e. The summed E-state index contributed by atoms with van der Waals surface area (Å²) < 4.78 is 19.7. The van der Waals surface area contributed by atoms with E-state index in [4.69, 9.17) is 9.84 Å². The molecule has 1 saturated heterocycles. The molecule has 4 N–H and O–H groups in total. The van der Waals surface area contributed by atoms with Gasteiger partial charge < -0.3 is 30.4 Å². The molecule has 3 amide bonds. The highest BCUT2D eigenvalue weighted by molar-refractivity contribution is 5.77. The maximum absolute atomic E-state index is 14.5. The summed E-state index contributed by atoms with van der Waals surface area (Å²) in [5.74, 6) is 1.31. The molecule has 1 aliphatic heterocycles. The molecule has 3 aromatic rings. The summed E-state index contributed by atoms with van der Waals surface area (Å²) in [6.45, 7) is -0.0985. The van der Waals surface area contributed by atoms with Crippen LogP contribution in [0.5, 0.6) is 5.75 Å². The van der Waals surface area contributed by atoms with E-state index in [2.05, 4.69) is 20.6 Å². The van der Waals surface area contributed by atoms with Crippen LogP contribution in [0.25, 0.3) is 11.0 Å². The van der Waals surface area contributed by atoms with Crippen LogP contribution in [0, 0.1) is 0 Å². The first-order valence-corrected chi connectivity index (χ1v) is 10.7. The first-order valence-electron chi connectivity index (χ1n) is 10.7. The second-order valence-corrected chi connectivity index (χ2v) is 8.00. The Morgan fingerprint density at radius 1 is 1.27 bits per heavy atom.